The van der Waals surface area contributed by atoms with Crippen molar-refractivity contribution in [2.45, 2.75) is 38.6 Å². The molecule has 0 radical (unpaired) electrons. The standard InChI is InChI=1S/C31H32N2O3S/c1-22-10-15-27(16-11-22)31(26-8-6-5-7-9-26)32-30(34)21-33(29-19-14-24(3)20-25(29)4)37(35,36)28-17-12-23(2)13-18-28/h5-20,31H,21H2,1-4H3,(H,32,34)/t31-/m1/s1. The van der Waals surface area contributed by atoms with Gasteiger partial charge in [-0.25, -0.2) is 8.42 Å². The molecule has 0 aromatic heterocycles. The Balaban J connectivity index is 1.71. The fourth-order valence-electron chi connectivity index (χ4n) is 4.32. The van der Waals surface area contributed by atoms with Gasteiger partial charge in [0.05, 0.1) is 16.6 Å². The molecule has 0 aliphatic carbocycles. The van der Waals surface area contributed by atoms with E-state index in [2.05, 4.69) is 5.32 Å². The molecule has 4 aromatic carbocycles. The van der Waals surface area contributed by atoms with Crippen LogP contribution in [0.15, 0.2) is 102 Å². The predicted octanol–water partition coefficient (Wildman–Crippen LogP) is 6.02. The number of aryl methyl sites for hydroxylation is 4. The maximum Gasteiger partial charge on any atom is 0.264 e. The number of nitrogens with one attached hydrogen (secondary N) is 1. The van der Waals surface area contributed by atoms with Gasteiger partial charge in [0.1, 0.15) is 6.54 Å². The third-order valence-corrected chi connectivity index (χ3v) is 8.14. The second kappa shape index (κ2) is 11.0. The van der Waals surface area contributed by atoms with E-state index < -0.39 is 22.0 Å². The maximum atomic E-state index is 13.8. The highest BCUT2D eigenvalue weighted by atomic mass is 32.2. The number of amides is 1. The lowest BCUT2D eigenvalue weighted by atomic mass is 9.98. The summed E-state index contributed by atoms with van der Waals surface area (Å²) in [5.74, 6) is -0.398. The van der Waals surface area contributed by atoms with Crippen LogP contribution in [0.4, 0.5) is 5.69 Å². The summed E-state index contributed by atoms with van der Waals surface area (Å²) in [6.45, 7) is 7.37. The first-order valence-electron chi connectivity index (χ1n) is 12.2. The van der Waals surface area contributed by atoms with Gasteiger partial charge in [-0.3, -0.25) is 9.10 Å². The van der Waals surface area contributed by atoms with Crippen LogP contribution in [0.2, 0.25) is 0 Å². The number of carbonyl (C=O) groups excluding carboxylic acids is 1. The third kappa shape index (κ3) is 6.09. The molecule has 37 heavy (non-hydrogen) atoms. The van der Waals surface area contributed by atoms with Gasteiger partial charge >= 0.3 is 0 Å². The van der Waals surface area contributed by atoms with Gasteiger partial charge in [-0.15, -0.1) is 0 Å². The van der Waals surface area contributed by atoms with Gasteiger partial charge in [0.25, 0.3) is 10.0 Å². The van der Waals surface area contributed by atoms with Gasteiger partial charge in [-0.05, 0) is 62.6 Å². The lowest BCUT2D eigenvalue weighted by Crippen LogP contribution is -2.42. The van der Waals surface area contributed by atoms with Crippen LogP contribution in [0, 0.1) is 27.7 Å². The van der Waals surface area contributed by atoms with E-state index in [0.717, 1.165) is 33.4 Å². The van der Waals surface area contributed by atoms with E-state index in [-0.39, 0.29) is 11.4 Å². The molecule has 4 aromatic rings. The Bertz CT molecular complexity index is 1480. The maximum absolute atomic E-state index is 13.8. The first-order chi connectivity index (χ1) is 17.6. The molecule has 4 rings (SSSR count). The minimum atomic E-state index is -4.00. The Labute approximate surface area is 219 Å². The van der Waals surface area contributed by atoms with Crippen LogP contribution < -0.4 is 9.62 Å². The molecule has 0 bridgehead atoms. The number of hydrogen-bond acceptors (Lipinski definition) is 3. The molecule has 0 saturated carbocycles. The van der Waals surface area contributed by atoms with Crippen LogP contribution in [-0.4, -0.2) is 20.9 Å². The van der Waals surface area contributed by atoms with Crippen LogP contribution >= 0.6 is 0 Å². The van der Waals surface area contributed by atoms with E-state index in [9.17, 15) is 13.2 Å². The summed E-state index contributed by atoms with van der Waals surface area (Å²) in [6, 6.07) is 29.5. The van der Waals surface area contributed by atoms with Gasteiger partial charge in [0.2, 0.25) is 5.91 Å². The summed E-state index contributed by atoms with van der Waals surface area (Å²) in [5.41, 5.74) is 6.19. The van der Waals surface area contributed by atoms with Gasteiger partial charge in [0.15, 0.2) is 0 Å². The zero-order chi connectivity index (χ0) is 26.6. The molecule has 0 heterocycles. The minimum absolute atomic E-state index is 0.143. The molecular formula is C31H32N2O3S. The van der Waals surface area contributed by atoms with Gasteiger partial charge in [-0.2, -0.15) is 0 Å². The number of hydrogen-bond donors (Lipinski definition) is 1. The fraction of sp³-hybridized carbons (Fsp3) is 0.194. The molecule has 6 heteroatoms. The van der Waals surface area contributed by atoms with Crippen molar-refractivity contribution in [1.29, 1.82) is 0 Å². The van der Waals surface area contributed by atoms with E-state index in [1.54, 1.807) is 30.3 Å². The van der Waals surface area contributed by atoms with Crippen molar-refractivity contribution in [2.75, 3.05) is 10.8 Å². The lowest BCUT2D eigenvalue weighted by Gasteiger charge is -2.27. The monoisotopic (exact) mass is 512 g/mol. The first kappa shape index (κ1) is 26.2. The summed E-state index contributed by atoms with van der Waals surface area (Å²) in [4.78, 5) is 13.7. The number of anilines is 1. The molecule has 0 aliphatic heterocycles. The number of carbonyl (C=O) groups is 1. The highest BCUT2D eigenvalue weighted by Crippen LogP contribution is 2.28. The van der Waals surface area contributed by atoms with Crippen molar-refractivity contribution in [3.63, 3.8) is 0 Å². The second-order valence-electron chi connectivity index (χ2n) is 9.44. The molecular weight excluding hydrogens is 480 g/mol. The molecule has 0 saturated heterocycles. The van der Waals surface area contributed by atoms with Gasteiger partial charge < -0.3 is 5.32 Å². The lowest BCUT2D eigenvalue weighted by molar-refractivity contribution is -0.120. The minimum Gasteiger partial charge on any atom is -0.344 e. The Morgan fingerprint density at radius 3 is 1.86 bits per heavy atom. The molecule has 5 nitrogen and oxygen atoms in total. The molecule has 0 unspecified atom stereocenters. The Kier molecular flexibility index (Phi) is 7.79. The zero-order valence-electron chi connectivity index (χ0n) is 21.6. The van der Waals surface area contributed by atoms with E-state index >= 15 is 0 Å². The average Bonchev–Trinajstić information content (AvgIpc) is 2.88. The quantitative estimate of drug-likeness (QED) is 0.314. The van der Waals surface area contributed by atoms with Crippen molar-refractivity contribution in [1.82, 2.24) is 5.32 Å². The SMILES string of the molecule is Cc1ccc([C@H](NC(=O)CN(c2ccc(C)cc2C)S(=O)(=O)c2ccc(C)cc2)c2ccccc2)cc1. The van der Waals surface area contributed by atoms with Crippen LogP contribution in [0.3, 0.4) is 0 Å². The molecule has 0 aliphatic rings. The first-order valence-corrected chi connectivity index (χ1v) is 13.7. The molecule has 1 atom stereocenters. The normalized spacial score (nSPS) is 12.1. The Hall–Kier alpha value is -3.90. The van der Waals surface area contributed by atoms with Crippen molar-refractivity contribution in [3.05, 3.63) is 130 Å². The summed E-state index contributed by atoms with van der Waals surface area (Å²) in [7, 11) is -4.00. The summed E-state index contributed by atoms with van der Waals surface area (Å²) >= 11 is 0. The number of sulfonamides is 1. The highest BCUT2D eigenvalue weighted by Gasteiger charge is 2.29. The van der Waals surface area contributed by atoms with Crippen LogP contribution in [-0.2, 0) is 14.8 Å². The van der Waals surface area contributed by atoms with Crippen LogP contribution in [0.1, 0.15) is 39.4 Å². The van der Waals surface area contributed by atoms with Crippen molar-refractivity contribution in [3.8, 4) is 0 Å². The third-order valence-electron chi connectivity index (χ3n) is 6.37. The fourth-order valence-corrected chi connectivity index (χ4v) is 5.81. The van der Waals surface area contributed by atoms with E-state index in [4.69, 9.17) is 0 Å². The predicted molar refractivity (Wildman–Crippen MR) is 149 cm³/mol. The Morgan fingerprint density at radius 2 is 1.27 bits per heavy atom. The van der Waals surface area contributed by atoms with E-state index in [0.29, 0.717) is 5.69 Å². The summed E-state index contributed by atoms with van der Waals surface area (Å²) in [6.07, 6.45) is 0. The topological polar surface area (TPSA) is 66.5 Å². The average molecular weight is 513 g/mol. The van der Waals surface area contributed by atoms with Gasteiger partial charge in [0, 0.05) is 0 Å². The Morgan fingerprint density at radius 1 is 0.730 bits per heavy atom. The number of nitrogens with zero attached hydrogens (tertiary/aromatic N) is 1. The van der Waals surface area contributed by atoms with Crippen molar-refractivity contribution in [2.24, 2.45) is 0 Å². The highest BCUT2D eigenvalue weighted by molar-refractivity contribution is 7.92. The number of benzene rings is 4. The molecule has 1 amide bonds. The summed E-state index contributed by atoms with van der Waals surface area (Å²) in [5, 5.41) is 3.09. The summed E-state index contributed by atoms with van der Waals surface area (Å²) < 4.78 is 28.9. The van der Waals surface area contributed by atoms with Crippen molar-refractivity contribution < 1.29 is 13.2 Å². The second-order valence-corrected chi connectivity index (χ2v) is 11.3. The number of rotatable bonds is 8. The zero-order valence-corrected chi connectivity index (χ0v) is 22.4. The van der Waals surface area contributed by atoms with Crippen LogP contribution in [0.25, 0.3) is 0 Å². The van der Waals surface area contributed by atoms with Crippen LogP contribution in [0.5, 0.6) is 0 Å². The van der Waals surface area contributed by atoms with Crippen molar-refractivity contribution >= 4 is 21.6 Å². The molecule has 0 fully saturated rings. The van der Waals surface area contributed by atoms with Gasteiger partial charge in [-0.1, -0.05) is 95.6 Å². The molecule has 0 spiro atoms. The van der Waals surface area contributed by atoms with E-state index in [1.807, 2.05) is 94.4 Å². The largest absolute Gasteiger partial charge is 0.344 e. The molecule has 1 N–H and O–H groups in total. The smallest absolute Gasteiger partial charge is 0.264 e. The molecule has 190 valence electrons. The van der Waals surface area contributed by atoms with E-state index in [1.165, 1.54) is 4.31 Å².